The first-order valence-electron chi connectivity index (χ1n) is 13.7. The average molecular weight is 566 g/mol. The molecule has 2 aliphatic rings. The molecule has 7 rings (SSSR count). The Labute approximate surface area is 239 Å². The van der Waals surface area contributed by atoms with E-state index in [0.717, 1.165) is 18.4 Å². The molecule has 1 saturated heterocycles. The van der Waals surface area contributed by atoms with Crippen molar-refractivity contribution in [2.24, 2.45) is 5.73 Å². The van der Waals surface area contributed by atoms with Gasteiger partial charge in [-0.1, -0.05) is 30.3 Å². The van der Waals surface area contributed by atoms with Crippen LogP contribution in [0.2, 0.25) is 0 Å². The Hall–Kier alpha value is -5.17. The Morgan fingerprint density at radius 3 is 2.57 bits per heavy atom. The first-order valence-corrected chi connectivity index (χ1v) is 13.7. The number of fused-ring (bicyclic) bond motifs is 1. The Morgan fingerprint density at radius 2 is 1.81 bits per heavy atom. The third kappa shape index (κ3) is 5.17. The van der Waals surface area contributed by atoms with Gasteiger partial charge in [-0.05, 0) is 47.9 Å². The van der Waals surface area contributed by atoms with Crippen LogP contribution in [0.1, 0.15) is 46.8 Å². The molecular formula is C29H27N9O4. The minimum atomic E-state index is -0.912. The van der Waals surface area contributed by atoms with Crippen molar-refractivity contribution < 1.29 is 18.7 Å². The Kier molecular flexibility index (Phi) is 6.55. The third-order valence-corrected chi connectivity index (χ3v) is 7.45. The number of tetrazole rings is 1. The lowest BCUT2D eigenvalue weighted by molar-refractivity contribution is 0.0586. The highest BCUT2D eigenvalue weighted by atomic mass is 16.5. The zero-order valence-corrected chi connectivity index (χ0v) is 22.5. The molecule has 2 N–H and O–H groups in total. The van der Waals surface area contributed by atoms with Crippen molar-refractivity contribution in [2.75, 3.05) is 26.2 Å². The van der Waals surface area contributed by atoms with E-state index in [2.05, 4.69) is 37.3 Å². The molecule has 13 nitrogen and oxygen atoms in total. The normalized spacial score (nSPS) is 16.4. The second-order valence-electron chi connectivity index (χ2n) is 10.3. The zero-order valence-electron chi connectivity index (χ0n) is 22.5. The molecule has 1 aliphatic carbocycles. The molecule has 2 fully saturated rings. The second kappa shape index (κ2) is 10.7. The maximum Gasteiger partial charge on any atom is 0.409 e. The number of amides is 2. The lowest BCUT2D eigenvalue weighted by Crippen LogP contribution is -2.50. The molecule has 1 aliphatic heterocycles. The summed E-state index contributed by atoms with van der Waals surface area (Å²) in [5.74, 6) is 1.09. The SMILES string of the molecule is NC(=O)Oc1ccc2oc(-c3ccnc(C(=O)N4CCN(C(c5ccccc5)c5nnn(C6CC6)n5)CC4)c3)nc2c1. The van der Waals surface area contributed by atoms with E-state index in [1.807, 2.05) is 18.2 Å². The highest BCUT2D eigenvalue weighted by molar-refractivity contribution is 5.93. The van der Waals surface area contributed by atoms with Crippen molar-refractivity contribution >= 4 is 23.1 Å². The van der Waals surface area contributed by atoms with Crippen molar-refractivity contribution in [3.05, 3.63) is 83.9 Å². The van der Waals surface area contributed by atoms with Gasteiger partial charge in [0.15, 0.2) is 11.4 Å². The van der Waals surface area contributed by atoms with Gasteiger partial charge < -0.3 is 19.8 Å². The van der Waals surface area contributed by atoms with Gasteiger partial charge in [0.1, 0.15) is 17.0 Å². The van der Waals surface area contributed by atoms with Crippen LogP contribution in [-0.4, -0.2) is 78.2 Å². The fourth-order valence-corrected chi connectivity index (χ4v) is 5.20. The highest BCUT2D eigenvalue weighted by Crippen LogP contribution is 2.34. The van der Waals surface area contributed by atoms with Gasteiger partial charge >= 0.3 is 6.09 Å². The van der Waals surface area contributed by atoms with Crippen LogP contribution < -0.4 is 10.5 Å². The van der Waals surface area contributed by atoms with E-state index in [0.29, 0.717) is 66.3 Å². The van der Waals surface area contributed by atoms with Crippen LogP contribution in [0.3, 0.4) is 0 Å². The molecule has 0 bridgehead atoms. The van der Waals surface area contributed by atoms with Crippen molar-refractivity contribution in [2.45, 2.75) is 24.9 Å². The number of nitrogens with two attached hydrogens (primary N) is 1. The average Bonchev–Trinajstić information content (AvgIpc) is 3.60. The number of rotatable bonds is 7. The molecule has 13 heteroatoms. The van der Waals surface area contributed by atoms with Crippen molar-refractivity contribution in [3.8, 4) is 17.2 Å². The van der Waals surface area contributed by atoms with Gasteiger partial charge in [0.25, 0.3) is 5.91 Å². The van der Waals surface area contributed by atoms with Crippen LogP contribution in [0.4, 0.5) is 4.79 Å². The Morgan fingerprint density at radius 1 is 1.00 bits per heavy atom. The van der Waals surface area contributed by atoms with Gasteiger partial charge in [-0.25, -0.2) is 9.78 Å². The van der Waals surface area contributed by atoms with Gasteiger partial charge in [0.2, 0.25) is 5.89 Å². The number of hydrogen-bond donors (Lipinski definition) is 1. The minimum absolute atomic E-state index is 0.148. The summed E-state index contributed by atoms with van der Waals surface area (Å²) in [6, 6.07) is 18.5. The zero-order chi connectivity index (χ0) is 28.6. The van der Waals surface area contributed by atoms with Gasteiger partial charge in [0, 0.05) is 44.0 Å². The van der Waals surface area contributed by atoms with E-state index in [-0.39, 0.29) is 17.7 Å². The summed E-state index contributed by atoms with van der Waals surface area (Å²) in [7, 11) is 0. The summed E-state index contributed by atoms with van der Waals surface area (Å²) in [5.41, 5.74) is 8.09. The van der Waals surface area contributed by atoms with Crippen LogP contribution in [0.15, 0.2) is 71.3 Å². The highest BCUT2D eigenvalue weighted by Gasteiger charge is 2.33. The number of hydrogen-bond acceptors (Lipinski definition) is 10. The minimum Gasteiger partial charge on any atom is -0.436 e. The number of ether oxygens (including phenoxy) is 1. The molecule has 4 heterocycles. The molecule has 1 saturated carbocycles. The number of carbonyl (C=O) groups is 2. The number of benzene rings is 2. The third-order valence-electron chi connectivity index (χ3n) is 7.45. The summed E-state index contributed by atoms with van der Waals surface area (Å²) in [6.07, 6.45) is 2.82. The largest absolute Gasteiger partial charge is 0.436 e. The van der Waals surface area contributed by atoms with Crippen LogP contribution >= 0.6 is 0 Å². The molecule has 3 aromatic heterocycles. The van der Waals surface area contributed by atoms with Crippen molar-refractivity contribution in [1.29, 1.82) is 0 Å². The lowest BCUT2D eigenvalue weighted by atomic mass is 10.0. The summed E-state index contributed by atoms with van der Waals surface area (Å²) in [4.78, 5) is 39.2. The van der Waals surface area contributed by atoms with E-state index in [1.54, 1.807) is 46.2 Å². The topological polar surface area (TPSA) is 158 Å². The predicted molar refractivity (Wildman–Crippen MR) is 149 cm³/mol. The smallest absolute Gasteiger partial charge is 0.409 e. The summed E-state index contributed by atoms with van der Waals surface area (Å²) in [6.45, 7) is 2.33. The predicted octanol–water partition coefficient (Wildman–Crippen LogP) is 3.22. The monoisotopic (exact) mass is 565 g/mol. The first-order chi connectivity index (χ1) is 20.5. The molecule has 2 aromatic carbocycles. The quantitative estimate of drug-likeness (QED) is 0.310. The van der Waals surface area contributed by atoms with Crippen LogP contribution in [0, 0.1) is 0 Å². The maximum atomic E-state index is 13.5. The molecule has 1 unspecified atom stereocenters. The van der Waals surface area contributed by atoms with Gasteiger partial charge in [-0.15, -0.1) is 10.2 Å². The lowest BCUT2D eigenvalue weighted by Gasteiger charge is -2.38. The molecule has 2 amide bonds. The Bertz CT molecular complexity index is 1760. The first kappa shape index (κ1) is 25.8. The molecule has 0 radical (unpaired) electrons. The Balaban J connectivity index is 1.07. The van der Waals surface area contributed by atoms with E-state index < -0.39 is 6.09 Å². The number of oxazole rings is 1. The summed E-state index contributed by atoms with van der Waals surface area (Å²) in [5, 5.41) is 13.4. The number of nitrogens with zero attached hydrogens (tertiary/aromatic N) is 8. The summed E-state index contributed by atoms with van der Waals surface area (Å²) >= 11 is 0. The molecule has 212 valence electrons. The van der Waals surface area contributed by atoms with Gasteiger partial charge in [-0.2, -0.15) is 4.80 Å². The van der Waals surface area contributed by atoms with E-state index in [4.69, 9.17) is 20.0 Å². The number of primary amides is 1. The maximum absolute atomic E-state index is 13.5. The number of piperazine rings is 1. The number of carbonyl (C=O) groups excluding carboxylic acids is 2. The van der Waals surface area contributed by atoms with Crippen LogP contribution in [0.25, 0.3) is 22.6 Å². The van der Waals surface area contributed by atoms with E-state index in [1.165, 1.54) is 0 Å². The van der Waals surface area contributed by atoms with E-state index in [9.17, 15) is 9.59 Å². The number of aromatic nitrogens is 6. The fourth-order valence-electron chi connectivity index (χ4n) is 5.20. The summed E-state index contributed by atoms with van der Waals surface area (Å²) < 4.78 is 10.8. The molecule has 1 atom stereocenters. The molecule has 0 spiro atoms. The van der Waals surface area contributed by atoms with Crippen LogP contribution in [-0.2, 0) is 0 Å². The van der Waals surface area contributed by atoms with E-state index >= 15 is 0 Å². The molecular weight excluding hydrogens is 538 g/mol. The van der Waals surface area contributed by atoms with Gasteiger partial charge in [-0.3, -0.25) is 14.7 Å². The molecule has 5 aromatic rings. The standard InChI is InChI=1S/C29H27N9O4/c30-29(40)41-21-8-9-24-22(17-21)32-27(42-24)19-10-11-31-23(16-19)28(39)37-14-12-36(13-15-37)25(18-4-2-1-3-5-18)26-33-35-38(34-26)20-6-7-20/h1-5,8-11,16-17,20,25H,6-7,12-15H2,(H2,30,40). The number of pyridine rings is 1. The van der Waals surface area contributed by atoms with Gasteiger partial charge in [0.05, 0.1) is 12.1 Å². The fraction of sp³-hybridized carbons (Fsp3) is 0.276. The second-order valence-corrected chi connectivity index (χ2v) is 10.3. The van der Waals surface area contributed by atoms with Crippen molar-refractivity contribution in [3.63, 3.8) is 0 Å². The van der Waals surface area contributed by atoms with Crippen molar-refractivity contribution in [1.82, 2.24) is 40.0 Å². The van der Waals surface area contributed by atoms with Crippen LogP contribution in [0.5, 0.6) is 5.75 Å². The molecule has 42 heavy (non-hydrogen) atoms.